The molecule has 0 aliphatic heterocycles. The molecule has 0 saturated heterocycles. The van der Waals surface area contributed by atoms with E-state index < -0.39 is 5.82 Å². The Labute approximate surface area is 94.0 Å². The molecule has 0 atom stereocenters. The molecule has 4 heteroatoms. The smallest absolute Gasteiger partial charge is 0.147 e. The van der Waals surface area contributed by atoms with Gasteiger partial charge in [0.2, 0.25) is 0 Å². The SMILES string of the molecule is C=CCN(CCO)c1ccc(C#N)cc1F. The second-order valence-corrected chi connectivity index (χ2v) is 3.24. The molecule has 1 aromatic carbocycles. The third-order valence-electron chi connectivity index (χ3n) is 2.14. The van der Waals surface area contributed by atoms with Crippen LogP contribution in [0.15, 0.2) is 30.9 Å². The van der Waals surface area contributed by atoms with E-state index in [-0.39, 0.29) is 12.2 Å². The van der Waals surface area contributed by atoms with Crippen LogP contribution in [0.2, 0.25) is 0 Å². The summed E-state index contributed by atoms with van der Waals surface area (Å²) in [5, 5.41) is 17.5. The van der Waals surface area contributed by atoms with Crippen LogP contribution >= 0.6 is 0 Å². The molecule has 0 bridgehead atoms. The van der Waals surface area contributed by atoms with Crippen molar-refractivity contribution in [1.29, 1.82) is 5.26 Å². The Morgan fingerprint density at radius 3 is 2.81 bits per heavy atom. The number of anilines is 1. The summed E-state index contributed by atoms with van der Waals surface area (Å²) in [7, 11) is 0. The zero-order valence-electron chi connectivity index (χ0n) is 8.86. The highest BCUT2D eigenvalue weighted by Crippen LogP contribution is 2.20. The largest absolute Gasteiger partial charge is 0.395 e. The van der Waals surface area contributed by atoms with Gasteiger partial charge in [0.15, 0.2) is 0 Å². The number of benzene rings is 1. The molecule has 1 aromatic rings. The fourth-order valence-electron chi connectivity index (χ4n) is 1.42. The molecule has 84 valence electrons. The first-order valence-electron chi connectivity index (χ1n) is 4.89. The lowest BCUT2D eigenvalue weighted by molar-refractivity contribution is 0.302. The van der Waals surface area contributed by atoms with Crippen molar-refractivity contribution in [3.63, 3.8) is 0 Å². The Hall–Kier alpha value is -1.86. The van der Waals surface area contributed by atoms with Crippen molar-refractivity contribution in [2.75, 3.05) is 24.6 Å². The van der Waals surface area contributed by atoms with E-state index in [1.165, 1.54) is 12.1 Å². The van der Waals surface area contributed by atoms with Gasteiger partial charge in [0.1, 0.15) is 5.82 Å². The molecule has 0 aromatic heterocycles. The monoisotopic (exact) mass is 220 g/mol. The van der Waals surface area contributed by atoms with Gasteiger partial charge in [0, 0.05) is 13.1 Å². The first-order valence-corrected chi connectivity index (χ1v) is 4.89. The van der Waals surface area contributed by atoms with Gasteiger partial charge in [-0.05, 0) is 18.2 Å². The number of hydrogen-bond donors (Lipinski definition) is 1. The summed E-state index contributed by atoms with van der Waals surface area (Å²) in [4.78, 5) is 1.66. The van der Waals surface area contributed by atoms with Crippen LogP contribution in [-0.4, -0.2) is 24.8 Å². The van der Waals surface area contributed by atoms with Crippen molar-refractivity contribution in [2.24, 2.45) is 0 Å². The number of hydrogen-bond acceptors (Lipinski definition) is 3. The van der Waals surface area contributed by atoms with Crippen LogP contribution < -0.4 is 4.90 Å². The summed E-state index contributed by atoms with van der Waals surface area (Å²) in [5.41, 5.74) is 0.650. The topological polar surface area (TPSA) is 47.3 Å². The molecule has 0 unspecified atom stereocenters. The molecule has 0 aliphatic rings. The molecule has 3 nitrogen and oxygen atoms in total. The summed E-state index contributed by atoms with van der Waals surface area (Å²) in [5.74, 6) is -0.464. The number of rotatable bonds is 5. The van der Waals surface area contributed by atoms with E-state index in [2.05, 4.69) is 6.58 Å². The standard InChI is InChI=1S/C12H13FN2O/c1-2-5-15(6-7-16)12-4-3-10(9-14)8-11(12)13/h2-4,8,16H,1,5-7H2. The average Bonchev–Trinajstić information content (AvgIpc) is 2.29. The van der Waals surface area contributed by atoms with Gasteiger partial charge in [-0.15, -0.1) is 6.58 Å². The van der Waals surface area contributed by atoms with Crippen LogP contribution in [0.1, 0.15) is 5.56 Å². The number of aliphatic hydroxyl groups excluding tert-OH is 1. The van der Waals surface area contributed by atoms with Crippen LogP contribution in [-0.2, 0) is 0 Å². The Kier molecular flexibility index (Phi) is 4.49. The summed E-state index contributed by atoms with van der Waals surface area (Å²) >= 11 is 0. The minimum Gasteiger partial charge on any atom is -0.395 e. The van der Waals surface area contributed by atoms with Crippen molar-refractivity contribution in [3.8, 4) is 6.07 Å². The quantitative estimate of drug-likeness (QED) is 0.768. The van der Waals surface area contributed by atoms with E-state index in [0.29, 0.717) is 18.8 Å². The second-order valence-electron chi connectivity index (χ2n) is 3.24. The maximum absolute atomic E-state index is 13.6. The first-order chi connectivity index (χ1) is 7.72. The van der Waals surface area contributed by atoms with Gasteiger partial charge in [-0.1, -0.05) is 6.08 Å². The van der Waals surface area contributed by atoms with Gasteiger partial charge in [0.05, 0.1) is 23.9 Å². The highest BCUT2D eigenvalue weighted by molar-refractivity contribution is 5.51. The van der Waals surface area contributed by atoms with Gasteiger partial charge in [0.25, 0.3) is 0 Å². The lowest BCUT2D eigenvalue weighted by atomic mass is 10.2. The highest BCUT2D eigenvalue weighted by Gasteiger charge is 2.10. The zero-order chi connectivity index (χ0) is 12.0. The molecular formula is C12H13FN2O. The summed E-state index contributed by atoms with van der Waals surface area (Å²) in [6.07, 6.45) is 1.63. The summed E-state index contributed by atoms with van der Waals surface area (Å²) in [6, 6.07) is 6.14. The minimum atomic E-state index is -0.464. The number of nitrogens with zero attached hydrogens (tertiary/aromatic N) is 2. The lowest BCUT2D eigenvalue weighted by Gasteiger charge is -2.22. The lowest BCUT2D eigenvalue weighted by Crippen LogP contribution is -2.27. The van der Waals surface area contributed by atoms with Crippen LogP contribution in [0.25, 0.3) is 0 Å². The fraction of sp³-hybridized carbons (Fsp3) is 0.250. The minimum absolute atomic E-state index is 0.0622. The van der Waals surface area contributed by atoms with E-state index >= 15 is 0 Å². The van der Waals surface area contributed by atoms with Crippen LogP contribution in [0.3, 0.4) is 0 Å². The van der Waals surface area contributed by atoms with E-state index in [1.54, 1.807) is 17.0 Å². The molecule has 1 N–H and O–H groups in total. The molecule has 16 heavy (non-hydrogen) atoms. The van der Waals surface area contributed by atoms with Crippen LogP contribution in [0.4, 0.5) is 10.1 Å². The van der Waals surface area contributed by atoms with Gasteiger partial charge >= 0.3 is 0 Å². The maximum atomic E-state index is 13.6. The molecule has 0 radical (unpaired) electrons. The zero-order valence-corrected chi connectivity index (χ0v) is 8.86. The molecule has 0 amide bonds. The normalized spacial score (nSPS) is 9.56. The molecular weight excluding hydrogens is 207 g/mol. The number of halogens is 1. The molecule has 0 aliphatic carbocycles. The van der Waals surface area contributed by atoms with Crippen molar-refractivity contribution < 1.29 is 9.50 Å². The summed E-state index contributed by atoms with van der Waals surface area (Å²) in [6.45, 7) is 4.29. The van der Waals surface area contributed by atoms with Crippen molar-refractivity contribution in [2.45, 2.75) is 0 Å². The summed E-state index contributed by atoms with van der Waals surface area (Å²) < 4.78 is 13.6. The van der Waals surface area contributed by atoms with Gasteiger partial charge < -0.3 is 10.0 Å². The van der Waals surface area contributed by atoms with Crippen LogP contribution in [0, 0.1) is 17.1 Å². The predicted octanol–water partition coefficient (Wildman–Crippen LogP) is 1.68. The van der Waals surface area contributed by atoms with Crippen molar-refractivity contribution in [1.82, 2.24) is 0 Å². The molecule has 1 rings (SSSR count). The Bertz CT molecular complexity index is 412. The fourth-order valence-corrected chi connectivity index (χ4v) is 1.42. The Morgan fingerprint density at radius 2 is 2.31 bits per heavy atom. The van der Waals surface area contributed by atoms with Crippen LogP contribution in [0.5, 0.6) is 0 Å². The number of nitriles is 1. The van der Waals surface area contributed by atoms with Crippen molar-refractivity contribution in [3.05, 3.63) is 42.2 Å². The third-order valence-corrected chi connectivity index (χ3v) is 2.14. The predicted molar refractivity (Wildman–Crippen MR) is 60.6 cm³/mol. The van der Waals surface area contributed by atoms with Crippen molar-refractivity contribution >= 4 is 5.69 Å². The van der Waals surface area contributed by atoms with E-state index in [0.717, 1.165) is 0 Å². The van der Waals surface area contributed by atoms with E-state index in [4.69, 9.17) is 10.4 Å². The maximum Gasteiger partial charge on any atom is 0.147 e. The van der Waals surface area contributed by atoms with Gasteiger partial charge in [-0.3, -0.25) is 0 Å². The Morgan fingerprint density at radius 1 is 1.56 bits per heavy atom. The van der Waals surface area contributed by atoms with E-state index in [1.807, 2.05) is 6.07 Å². The first kappa shape index (κ1) is 12.2. The average molecular weight is 220 g/mol. The second kappa shape index (κ2) is 5.89. The number of aliphatic hydroxyl groups is 1. The molecule has 0 spiro atoms. The van der Waals surface area contributed by atoms with Gasteiger partial charge in [-0.25, -0.2) is 4.39 Å². The Balaban J connectivity index is 3.00. The highest BCUT2D eigenvalue weighted by atomic mass is 19.1. The molecule has 0 heterocycles. The third kappa shape index (κ3) is 2.81. The van der Waals surface area contributed by atoms with Gasteiger partial charge in [-0.2, -0.15) is 5.26 Å². The molecule has 0 saturated carbocycles. The molecule has 0 fully saturated rings. The van der Waals surface area contributed by atoms with E-state index in [9.17, 15) is 4.39 Å².